The van der Waals surface area contributed by atoms with Crippen LogP contribution in [0.5, 0.6) is 0 Å². The van der Waals surface area contributed by atoms with Gasteiger partial charge in [-0.1, -0.05) is 141 Å². The minimum Gasteiger partial charge on any atom is -0.274 e. The quantitative estimate of drug-likeness (QED) is 0.0596. The fourth-order valence-corrected chi connectivity index (χ4v) is 8.84. The van der Waals surface area contributed by atoms with Crippen LogP contribution < -0.4 is 22.2 Å². The first-order valence-corrected chi connectivity index (χ1v) is 19.9. The highest BCUT2D eigenvalue weighted by Gasteiger charge is 2.27. The van der Waals surface area contributed by atoms with Gasteiger partial charge >= 0.3 is 0 Å². The first-order chi connectivity index (χ1) is 24.4. The van der Waals surface area contributed by atoms with E-state index in [2.05, 4.69) is 27.7 Å². The monoisotopic (exact) mass is 676 g/mol. The highest BCUT2D eigenvalue weighted by molar-refractivity contribution is 6.39. The van der Waals surface area contributed by atoms with E-state index < -0.39 is 0 Å². The average Bonchev–Trinajstić information content (AvgIpc) is 3.53. The number of aromatic nitrogens is 2. The molecule has 6 aromatic rings. The highest BCUT2D eigenvalue weighted by atomic mass is 16.2. The van der Waals surface area contributed by atoms with E-state index in [0.717, 1.165) is 75.0 Å². The zero-order valence-electron chi connectivity index (χ0n) is 30.9. The lowest BCUT2D eigenvalue weighted by atomic mass is 9.88. The van der Waals surface area contributed by atoms with Gasteiger partial charge in [0.2, 0.25) is 0 Å². The van der Waals surface area contributed by atoms with Crippen LogP contribution in [0, 0.1) is 11.8 Å². The molecule has 0 saturated heterocycles. The lowest BCUT2D eigenvalue weighted by Gasteiger charge is -2.16. The molecule has 4 aromatic carbocycles. The second kappa shape index (κ2) is 16.0. The molecule has 6 rings (SSSR count). The molecule has 0 saturated carbocycles. The number of rotatable bonds is 20. The Balaban J connectivity index is 1.54. The molecule has 0 bridgehead atoms. The molecule has 6 heteroatoms. The molecule has 0 N–H and O–H groups in total. The SMILES string of the molecule is CCCCCCC(CCCC)Cn1c(=O)c2c3cccc4c5c(=O)n(CC(CCCC)CCCCCC)c(=O)c5c5cccc(c2c1=O)c5c34. The van der Waals surface area contributed by atoms with Gasteiger partial charge in [0.05, 0.1) is 21.5 Å². The smallest absolute Gasteiger partial charge is 0.262 e. The zero-order chi connectivity index (χ0) is 35.4. The molecule has 0 radical (unpaired) electrons. The summed E-state index contributed by atoms with van der Waals surface area (Å²) < 4.78 is 2.99. The molecule has 0 aliphatic heterocycles. The van der Waals surface area contributed by atoms with Gasteiger partial charge in [-0.15, -0.1) is 0 Å². The van der Waals surface area contributed by atoms with Gasteiger partial charge in [0.25, 0.3) is 22.2 Å². The third-order valence-electron chi connectivity index (χ3n) is 11.5. The number of nitrogens with zero attached hydrogens (tertiary/aromatic N) is 2. The molecule has 2 atom stereocenters. The third-order valence-corrected chi connectivity index (χ3v) is 11.5. The molecular weight excluding hydrogens is 620 g/mol. The van der Waals surface area contributed by atoms with Gasteiger partial charge < -0.3 is 0 Å². The third kappa shape index (κ3) is 6.55. The largest absolute Gasteiger partial charge is 0.274 e. The van der Waals surface area contributed by atoms with Gasteiger partial charge in [-0.05, 0) is 69.8 Å². The van der Waals surface area contributed by atoms with Crippen molar-refractivity contribution in [3.63, 3.8) is 0 Å². The van der Waals surface area contributed by atoms with Gasteiger partial charge in [0, 0.05) is 13.1 Å². The van der Waals surface area contributed by atoms with Crippen molar-refractivity contribution in [2.75, 3.05) is 0 Å². The normalized spacial score (nSPS) is 13.6. The molecule has 6 nitrogen and oxygen atoms in total. The number of hydrogen-bond donors (Lipinski definition) is 0. The molecule has 2 heterocycles. The average molecular weight is 677 g/mol. The van der Waals surface area contributed by atoms with Crippen LogP contribution in [0.25, 0.3) is 53.9 Å². The van der Waals surface area contributed by atoms with Crippen LogP contribution >= 0.6 is 0 Å². The van der Waals surface area contributed by atoms with Gasteiger partial charge in [0.1, 0.15) is 0 Å². The van der Waals surface area contributed by atoms with Gasteiger partial charge in [-0.3, -0.25) is 28.3 Å². The number of unbranched alkanes of at least 4 members (excludes halogenated alkanes) is 8. The predicted octanol–water partition coefficient (Wildman–Crippen LogP) is 10.4. The van der Waals surface area contributed by atoms with Gasteiger partial charge in [-0.2, -0.15) is 0 Å². The summed E-state index contributed by atoms with van der Waals surface area (Å²) in [5.41, 5.74) is -0.939. The van der Waals surface area contributed by atoms with Crippen molar-refractivity contribution < 1.29 is 0 Å². The molecule has 2 unspecified atom stereocenters. The van der Waals surface area contributed by atoms with Crippen molar-refractivity contribution in [3.05, 3.63) is 77.8 Å². The van der Waals surface area contributed by atoms with E-state index in [-0.39, 0.29) is 34.1 Å². The summed E-state index contributed by atoms with van der Waals surface area (Å²) in [6.45, 7) is 9.65. The highest BCUT2D eigenvalue weighted by Crippen LogP contribution is 2.42. The fourth-order valence-electron chi connectivity index (χ4n) is 8.84. The maximum Gasteiger partial charge on any atom is 0.262 e. The van der Waals surface area contributed by atoms with Crippen LogP contribution in [0.2, 0.25) is 0 Å². The summed E-state index contributed by atoms with van der Waals surface area (Å²) >= 11 is 0. The van der Waals surface area contributed by atoms with E-state index in [9.17, 15) is 19.2 Å². The summed E-state index contributed by atoms with van der Waals surface area (Å²) in [6, 6.07) is 11.4. The van der Waals surface area contributed by atoms with Crippen molar-refractivity contribution in [2.24, 2.45) is 11.8 Å². The second-order valence-electron chi connectivity index (χ2n) is 15.1. The van der Waals surface area contributed by atoms with Gasteiger partial charge in [-0.25, -0.2) is 0 Å². The van der Waals surface area contributed by atoms with Crippen molar-refractivity contribution in [1.82, 2.24) is 9.13 Å². The summed E-state index contributed by atoms with van der Waals surface area (Å²) in [7, 11) is 0. The summed E-state index contributed by atoms with van der Waals surface area (Å²) in [5, 5.41) is 6.21. The van der Waals surface area contributed by atoms with Crippen LogP contribution in [0.3, 0.4) is 0 Å². The van der Waals surface area contributed by atoms with Crippen LogP contribution in [-0.4, -0.2) is 9.13 Å². The predicted molar refractivity (Wildman–Crippen MR) is 212 cm³/mol. The molecule has 0 aliphatic carbocycles. The second-order valence-corrected chi connectivity index (χ2v) is 15.1. The van der Waals surface area contributed by atoms with Crippen LogP contribution in [0.15, 0.2) is 55.6 Å². The van der Waals surface area contributed by atoms with Crippen LogP contribution in [-0.2, 0) is 13.1 Å². The van der Waals surface area contributed by atoms with E-state index in [1.165, 1.54) is 47.7 Å². The number of benzene rings is 4. The Hall–Kier alpha value is -3.80. The Kier molecular flexibility index (Phi) is 11.6. The molecule has 0 spiro atoms. The van der Waals surface area contributed by atoms with E-state index in [1.807, 2.05) is 36.4 Å². The van der Waals surface area contributed by atoms with Crippen LogP contribution in [0.1, 0.15) is 130 Å². The Bertz CT molecular complexity index is 2000. The van der Waals surface area contributed by atoms with Crippen LogP contribution in [0.4, 0.5) is 0 Å². The van der Waals surface area contributed by atoms with Crippen molar-refractivity contribution in [2.45, 2.75) is 144 Å². The van der Waals surface area contributed by atoms with Gasteiger partial charge in [0.15, 0.2) is 0 Å². The molecule has 266 valence electrons. The fraction of sp³-hybridized carbons (Fsp3) is 0.545. The summed E-state index contributed by atoms with van der Waals surface area (Å²) in [6.07, 6.45) is 17.7. The molecule has 2 aromatic heterocycles. The molecular formula is C44H56N2O4. The zero-order valence-corrected chi connectivity index (χ0v) is 30.9. The summed E-state index contributed by atoms with van der Waals surface area (Å²) in [4.78, 5) is 57.4. The lowest BCUT2D eigenvalue weighted by Crippen LogP contribution is -2.29. The first kappa shape index (κ1) is 36.0. The van der Waals surface area contributed by atoms with E-state index in [1.54, 1.807) is 0 Å². The maximum atomic E-state index is 14.4. The Morgan fingerprint density at radius 2 is 0.700 bits per heavy atom. The lowest BCUT2D eigenvalue weighted by molar-refractivity contribution is 0.357. The Morgan fingerprint density at radius 1 is 0.400 bits per heavy atom. The van der Waals surface area contributed by atoms with E-state index in [4.69, 9.17) is 0 Å². The number of fused-ring (bicyclic) bond motifs is 6. The number of hydrogen-bond acceptors (Lipinski definition) is 4. The van der Waals surface area contributed by atoms with E-state index >= 15 is 0 Å². The Labute approximate surface area is 295 Å². The molecule has 0 aliphatic rings. The maximum absolute atomic E-state index is 14.4. The first-order valence-electron chi connectivity index (χ1n) is 19.9. The van der Waals surface area contributed by atoms with Crippen molar-refractivity contribution >= 4 is 53.9 Å². The minimum atomic E-state index is -0.235. The Morgan fingerprint density at radius 3 is 1.00 bits per heavy atom. The molecule has 0 amide bonds. The van der Waals surface area contributed by atoms with Crippen molar-refractivity contribution in [1.29, 1.82) is 0 Å². The van der Waals surface area contributed by atoms with E-state index in [0.29, 0.717) is 56.2 Å². The topological polar surface area (TPSA) is 78.1 Å². The molecule has 50 heavy (non-hydrogen) atoms. The van der Waals surface area contributed by atoms with Crippen molar-refractivity contribution in [3.8, 4) is 0 Å². The summed E-state index contributed by atoms with van der Waals surface area (Å²) in [5.74, 6) is 0.542. The molecule has 0 fully saturated rings. The standard InChI is InChI=1S/C44H56N2O4/c1-5-9-13-15-21-29(19-11-7-3)27-45-41(47)37-31-23-17-25-33-35(31)36-32(38(37)42(45)48)24-18-26-34(36)40-39(33)43(49)46(44(40)50)28-30(20-12-8-4)22-16-14-10-6-2/h17-18,23-26,29-30H,5-16,19-22,27-28H2,1-4H3. The minimum absolute atomic E-state index is 0.235.